The molecule has 22 heavy (non-hydrogen) atoms. The van der Waals surface area contributed by atoms with Crippen LogP contribution < -0.4 is 10.1 Å². The maximum absolute atomic E-state index is 12.2. The van der Waals surface area contributed by atoms with E-state index < -0.39 is 24.0 Å². The molecule has 1 aromatic carbocycles. The molecule has 1 atom stereocenters. The fourth-order valence-electron chi connectivity index (χ4n) is 1.75. The summed E-state index contributed by atoms with van der Waals surface area (Å²) in [6.07, 6.45) is -0.207. The van der Waals surface area contributed by atoms with Gasteiger partial charge in [-0.05, 0) is 24.6 Å². The molecule has 1 aromatic rings. The molecule has 0 aliphatic heterocycles. The Morgan fingerprint density at radius 1 is 1.27 bits per heavy atom. The molecule has 0 aromatic heterocycles. The molecule has 0 saturated carbocycles. The van der Waals surface area contributed by atoms with Crippen LogP contribution in [0.4, 0.5) is 8.78 Å². The number of nitrogens with one attached hydrogen (secondary N) is 1. The molecule has 0 heterocycles. The van der Waals surface area contributed by atoms with Crippen LogP contribution in [0.5, 0.6) is 5.75 Å². The van der Waals surface area contributed by atoms with E-state index >= 15 is 0 Å². The van der Waals surface area contributed by atoms with Gasteiger partial charge in [0.1, 0.15) is 11.5 Å². The number of hydrogen-bond acceptors (Lipinski definition) is 3. The van der Waals surface area contributed by atoms with Gasteiger partial charge >= 0.3 is 6.61 Å². The van der Waals surface area contributed by atoms with Gasteiger partial charge in [-0.25, -0.2) is 0 Å². The Labute approximate surface area is 128 Å². The molecule has 0 unspecified atom stereocenters. The van der Waals surface area contributed by atoms with Crippen LogP contribution in [0.1, 0.15) is 45.7 Å². The summed E-state index contributed by atoms with van der Waals surface area (Å²) in [6, 6.07) is 5.68. The molecule has 4 nitrogen and oxygen atoms in total. The van der Waals surface area contributed by atoms with Crippen molar-refractivity contribution in [2.24, 2.45) is 5.41 Å². The van der Waals surface area contributed by atoms with Gasteiger partial charge in [-0.15, -0.1) is 0 Å². The van der Waals surface area contributed by atoms with Crippen molar-refractivity contribution < 1.29 is 23.1 Å². The molecular weight excluding hydrogens is 292 g/mol. The summed E-state index contributed by atoms with van der Waals surface area (Å²) in [4.78, 5) is 23.7. The number of carbonyl (C=O) groups is 2. The summed E-state index contributed by atoms with van der Waals surface area (Å²) in [7, 11) is 0. The smallest absolute Gasteiger partial charge is 0.387 e. The number of halogens is 2. The maximum atomic E-state index is 12.2. The van der Waals surface area contributed by atoms with Gasteiger partial charge < -0.3 is 10.1 Å². The lowest BCUT2D eigenvalue weighted by Gasteiger charge is -2.18. The van der Waals surface area contributed by atoms with E-state index in [1.807, 2.05) is 0 Å². The van der Waals surface area contributed by atoms with Crippen molar-refractivity contribution in [1.82, 2.24) is 5.32 Å². The van der Waals surface area contributed by atoms with Crippen LogP contribution in [0.2, 0.25) is 0 Å². The zero-order valence-corrected chi connectivity index (χ0v) is 13.2. The summed E-state index contributed by atoms with van der Waals surface area (Å²) >= 11 is 0. The number of rotatable bonds is 6. The van der Waals surface area contributed by atoms with Crippen molar-refractivity contribution in [3.05, 3.63) is 29.8 Å². The van der Waals surface area contributed by atoms with Gasteiger partial charge in [0.2, 0.25) is 5.91 Å². The summed E-state index contributed by atoms with van der Waals surface area (Å²) in [5, 5.41) is 2.68. The van der Waals surface area contributed by atoms with Gasteiger partial charge in [-0.3, -0.25) is 9.59 Å². The number of ether oxygens (including phenoxy) is 1. The van der Waals surface area contributed by atoms with E-state index in [1.165, 1.54) is 12.1 Å². The molecule has 0 aliphatic rings. The molecular formula is C16H21F2NO3. The van der Waals surface area contributed by atoms with Crippen LogP contribution in [-0.2, 0) is 9.59 Å². The first kappa shape index (κ1) is 18.1. The van der Waals surface area contributed by atoms with Crippen LogP contribution in [0, 0.1) is 5.41 Å². The van der Waals surface area contributed by atoms with E-state index in [9.17, 15) is 18.4 Å². The van der Waals surface area contributed by atoms with Gasteiger partial charge in [-0.2, -0.15) is 8.78 Å². The number of hydrogen-bond donors (Lipinski definition) is 1. The first-order valence-corrected chi connectivity index (χ1v) is 6.97. The first-order valence-electron chi connectivity index (χ1n) is 6.97. The van der Waals surface area contributed by atoms with Crippen molar-refractivity contribution in [1.29, 1.82) is 0 Å². The van der Waals surface area contributed by atoms with Crippen LogP contribution in [0.15, 0.2) is 24.3 Å². The Morgan fingerprint density at radius 2 is 1.91 bits per heavy atom. The third-order valence-corrected chi connectivity index (χ3v) is 3.12. The van der Waals surface area contributed by atoms with Crippen LogP contribution in [0.3, 0.4) is 0 Å². The average Bonchev–Trinajstić information content (AvgIpc) is 2.36. The normalized spacial score (nSPS) is 12.9. The molecule has 1 amide bonds. The molecule has 0 saturated heterocycles. The number of alkyl halides is 2. The fourth-order valence-corrected chi connectivity index (χ4v) is 1.75. The van der Waals surface area contributed by atoms with Crippen molar-refractivity contribution >= 4 is 11.7 Å². The van der Waals surface area contributed by atoms with E-state index in [0.29, 0.717) is 5.56 Å². The third kappa shape index (κ3) is 5.79. The Kier molecular flexibility index (Phi) is 6.02. The molecule has 1 rings (SSSR count). The van der Waals surface area contributed by atoms with Crippen molar-refractivity contribution in [3.8, 4) is 5.75 Å². The Bertz CT molecular complexity index is 538. The average molecular weight is 313 g/mol. The minimum atomic E-state index is -2.90. The number of ketones is 1. The molecule has 0 spiro atoms. The predicted octanol–water partition coefficient (Wildman–Crippen LogP) is 3.47. The predicted molar refractivity (Wildman–Crippen MR) is 78.7 cm³/mol. The van der Waals surface area contributed by atoms with Crippen LogP contribution >= 0.6 is 0 Å². The Morgan fingerprint density at radius 3 is 2.45 bits per heavy atom. The number of amides is 1. The molecule has 0 bridgehead atoms. The summed E-state index contributed by atoms with van der Waals surface area (Å²) in [5.74, 6) is -0.529. The zero-order valence-electron chi connectivity index (χ0n) is 13.2. The van der Waals surface area contributed by atoms with Crippen molar-refractivity contribution in [2.45, 2.75) is 46.8 Å². The third-order valence-electron chi connectivity index (χ3n) is 3.12. The first-order chi connectivity index (χ1) is 10.1. The van der Waals surface area contributed by atoms with E-state index in [0.717, 1.165) is 0 Å². The van der Waals surface area contributed by atoms with Gasteiger partial charge in [0.15, 0.2) is 0 Å². The highest BCUT2D eigenvalue weighted by atomic mass is 19.3. The molecule has 122 valence electrons. The molecule has 0 aliphatic carbocycles. The maximum Gasteiger partial charge on any atom is 0.387 e. The van der Waals surface area contributed by atoms with Gasteiger partial charge in [-0.1, -0.05) is 32.9 Å². The lowest BCUT2D eigenvalue weighted by atomic mass is 9.89. The standard InChI is InChI=1S/C16H21F2NO3/c1-10(19-14(21)9-13(20)16(2,3)4)11-6-5-7-12(8-11)22-15(17)18/h5-8,10,15H,9H2,1-4H3,(H,19,21)/t10-/m0/s1. The number of Topliss-reactive ketones (excluding diaryl/α,β-unsaturated/α-hetero) is 1. The summed E-state index contributed by atoms with van der Waals surface area (Å²) in [6.45, 7) is 4.05. The lowest BCUT2D eigenvalue weighted by molar-refractivity contribution is -0.132. The quantitative estimate of drug-likeness (QED) is 0.818. The highest BCUT2D eigenvalue weighted by molar-refractivity contribution is 6.00. The van der Waals surface area contributed by atoms with Crippen LogP contribution in [0.25, 0.3) is 0 Å². The summed E-state index contributed by atoms with van der Waals surface area (Å²) < 4.78 is 28.7. The van der Waals surface area contributed by atoms with Crippen molar-refractivity contribution in [2.75, 3.05) is 0 Å². The minimum absolute atomic E-state index is 0.0272. The van der Waals surface area contributed by atoms with E-state index in [-0.39, 0.29) is 18.0 Å². The van der Waals surface area contributed by atoms with Gasteiger partial charge in [0.25, 0.3) is 0 Å². The fraction of sp³-hybridized carbons (Fsp3) is 0.500. The second-order valence-corrected chi connectivity index (χ2v) is 6.09. The largest absolute Gasteiger partial charge is 0.435 e. The van der Waals surface area contributed by atoms with Crippen LogP contribution in [-0.4, -0.2) is 18.3 Å². The molecule has 0 radical (unpaired) electrons. The topological polar surface area (TPSA) is 55.4 Å². The van der Waals surface area contributed by atoms with Gasteiger partial charge in [0.05, 0.1) is 12.5 Å². The van der Waals surface area contributed by atoms with E-state index in [2.05, 4.69) is 10.1 Å². The zero-order chi connectivity index (χ0) is 16.9. The highest BCUT2D eigenvalue weighted by Crippen LogP contribution is 2.21. The van der Waals surface area contributed by atoms with Crippen molar-refractivity contribution in [3.63, 3.8) is 0 Å². The summed E-state index contributed by atoms with van der Waals surface area (Å²) in [5.41, 5.74) is 0.0423. The Hall–Kier alpha value is -1.98. The van der Waals surface area contributed by atoms with E-state index in [1.54, 1.807) is 39.8 Å². The molecule has 6 heteroatoms. The monoisotopic (exact) mass is 313 g/mol. The molecule has 0 fully saturated rings. The second-order valence-electron chi connectivity index (χ2n) is 6.09. The molecule has 1 N–H and O–H groups in total. The number of benzene rings is 1. The minimum Gasteiger partial charge on any atom is -0.435 e. The van der Waals surface area contributed by atoms with E-state index in [4.69, 9.17) is 0 Å². The Balaban J connectivity index is 2.67. The highest BCUT2D eigenvalue weighted by Gasteiger charge is 2.24. The van der Waals surface area contributed by atoms with Gasteiger partial charge in [0, 0.05) is 5.41 Å². The SMILES string of the molecule is C[C@H](NC(=O)CC(=O)C(C)(C)C)c1cccc(OC(F)F)c1. The number of carbonyl (C=O) groups excluding carboxylic acids is 2. The second kappa shape index (κ2) is 7.33. The lowest BCUT2D eigenvalue weighted by Crippen LogP contribution is -2.32.